The molecular formula is C15H22F2N2O3S. The SMILES string of the molecule is CCCCN(C)C(=O)CCN(c1ccc(F)cc1F)S(C)(=O)=O. The average molecular weight is 348 g/mol. The molecule has 1 aromatic carbocycles. The Kier molecular flexibility index (Phi) is 6.93. The molecule has 1 amide bonds. The molecule has 0 aromatic heterocycles. The molecule has 130 valence electrons. The van der Waals surface area contributed by atoms with E-state index in [1.165, 1.54) is 4.90 Å². The van der Waals surface area contributed by atoms with Crippen LogP contribution in [-0.2, 0) is 14.8 Å². The Hall–Kier alpha value is -1.70. The van der Waals surface area contributed by atoms with Crippen LogP contribution < -0.4 is 4.31 Å². The lowest BCUT2D eigenvalue weighted by molar-refractivity contribution is -0.129. The first-order chi connectivity index (χ1) is 10.7. The maximum Gasteiger partial charge on any atom is 0.232 e. The molecule has 1 rings (SSSR count). The van der Waals surface area contributed by atoms with Gasteiger partial charge in [-0.1, -0.05) is 13.3 Å². The quantitative estimate of drug-likeness (QED) is 0.725. The molecule has 0 N–H and O–H groups in total. The van der Waals surface area contributed by atoms with Crippen LogP contribution in [0.25, 0.3) is 0 Å². The summed E-state index contributed by atoms with van der Waals surface area (Å²) in [7, 11) is -2.15. The second-order valence-electron chi connectivity index (χ2n) is 5.35. The Morgan fingerprint density at radius 3 is 2.39 bits per heavy atom. The fourth-order valence-corrected chi connectivity index (χ4v) is 2.98. The van der Waals surface area contributed by atoms with Gasteiger partial charge in [-0.3, -0.25) is 9.10 Å². The number of anilines is 1. The van der Waals surface area contributed by atoms with E-state index in [2.05, 4.69) is 0 Å². The Morgan fingerprint density at radius 1 is 1.22 bits per heavy atom. The number of unbranched alkanes of at least 4 members (excludes halogenated alkanes) is 1. The van der Waals surface area contributed by atoms with Gasteiger partial charge >= 0.3 is 0 Å². The number of amides is 1. The van der Waals surface area contributed by atoms with Crippen molar-refractivity contribution in [2.45, 2.75) is 26.2 Å². The van der Waals surface area contributed by atoms with Crippen molar-refractivity contribution >= 4 is 21.6 Å². The minimum absolute atomic E-state index is 0.0793. The molecule has 0 aliphatic heterocycles. The van der Waals surface area contributed by atoms with Crippen molar-refractivity contribution in [2.75, 3.05) is 30.7 Å². The molecule has 0 spiro atoms. The van der Waals surface area contributed by atoms with E-state index in [1.807, 2.05) is 6.92 Å². The third-order valence-electron chi connectivity index (χ3n) is 3.38. The van der Waals surface area contributed by atoms with Gasteiger partial charge < -0.3 is 4.90 Å². The van der Waals surface area contributed by atoms with Crippen LogP contribution in [0.15, 0.2) is 18.2 Å². The zero-order valence-corrected chi connectivity index (χ0v) is 14.4. The summed E-state index contributed by atoms with van der Waals surface area (Å²) >= 11 is 0. The highest BCUT2D eigenvalue weighted by Crippen LogP contribution is 2.23. The molecular weight excluding hydrogens is 326 g/mol. The zero-order chi connectivity index (χ0) is 17.6. The molecule has 0 aliphatic carbocycles. The van der Waals surface area contributed by atoms with Crippen molar-refractivity contribution in [3.63, 3.8) is 0 Å². The van der Waals surface area contributed by atoms with Gasteiger partial charge in [-0.2, -0.15) is 0 Å². The van der Waals surface area contributed by atoms with Crippen molar-refractivity contribution < 1.29 is 22.0 Å². The van der Waals surface area contributed by atoms with Crippen LogP contribution in [-0.4, -0.2) is 45.6 Å². The minimum Gasteiger partial charge on any atom is -0.346 e. The highest BCUT2D eigenvalue weighted by molar-refractivity contribution is 7.92. The first kappa shape index (κ1) is 19.3. The van der Waals surface area contributed by atoms with Gasteiger partial charge in [0.15, 0.2) is 0 Å². The van der Waals surface area contributed by atoms with Gasteiger partial charge in [0.2, 0.25) is 15.9 Å². The van der Waals surface area contributed by atoms with Crippen LogP contribution in [0.5, 0.6) is 0 Å². The van der Waals surface area contributed by atoms with Gasteiger partial charge in [0, 0.05) is 32.6 Å². The molecule has 0 heterocycles. The molecule has 8 heteroatoms. The van der Waals surface area contributed by atoms with Crippen LogP contribution in [0.3, 0.4) is 0 Å². The van der Waals surface area contributed by atoms with Crippen molar-refractivity contribution in [2.24, 2.45) is 0 Å². The highest BCUT2D eigenvalue weighted by atomic mass is 32.2. The van der Waals surface area contributed by atoms with Crippen LogP contribution in [0.1, 0.15) is 26.2 Å². The fraction of sp³-hybridized carbons (Fsp3) is 0.533. The number of rotatable bonds is 8. The first-order valence-electron chi connectivity index (χ1n) is 7.33. The molecule has 0 saturated heterocycles. The predicted molar refractivity (Wildman–Crippen MR) is 85.7 cm³/mol. The van der Waals surface area contributed by atoms with E-state index in [0.29, 0.717) is 12.6 Å². The summed E-state index contributed by atoms with van der Waals surface area (Å²) < 4.78 is 51.3. The van der Waals surface area contributed by atoms with Gasteiger partial charge in [-0.15, -0.1) is 0 Å². The number of carbonyl (C=O) groups excluding carboxylic acids is 1. The minimum atomic E-state index is -3.79. The second-order valence-corrected chi connectivity index (χ2v) is 7.26. The van der Waals surface area contributed by atoms with Gasteiger partial charge in [0.25, 0.3) is 0 Å². The summed E-state index contributed by atoms with van der Waals surface area (Å²) in [5.74, 6) is -2.01. The topological polar surface area (TPSA) is 57.7 Å². The molecule has 1 aromatic rings. The molecule has 0 bridgehead atoms. The lowest BCUT2D eigenvalue weighted by Gasteiger charge is -2.24. The number of benzene rings is 1. The van der Waals surface area contributed by atoms with Crippen LogP contribution in [0, 0.1) is 11.6 Å². The molecule has 0 radical (unpaired) electrons. The van der Waals surface area contributed by atoms with E-state index >= 15 is 0 Å². The van der Waals surface area contributed by atoms with Crippen molar-refractivity contribution in [1.82, 2.24) is 4.90 Å². The number of hydrogen-bond donors (Lipinski definition) is 0. The summed E-state index contributed by atoms with van der Waals surface area (Å²) in [5.41, 5.74) is -0.266. The fourth-order valence-electron chi connectivity index (χ4n) is 2.06. The van der Waals surface area contributed by atoms with Crippen molar-refractivity contribution in [1.29, 1.82) is 0 Å². The normalized spacial score (nSPS) is 11.3. The molecule has 23 heavy (non-hydrogen) atoms. The number of nitrogens with zero attached hydrogens (tertiary/aromatic N) is 2. The summed E-state index contributed by atoms with van der Waals surface area (Å²) in [6.45, 7) is 2.39. The smallest absolute Gasteiger partial charge is 0.232 e. The third-order valence-corrected chi connectivity index (χ3v) is 4.56. The number of sulfonamides is 1. The molecule has 0 unspecified atom stereocenters. The average Bonchev–Trinajstić information content (AvgIpc) is 2.45. The third kappa shape index (κ3) is 5.78. The van der Waals surface area contributed by atoms with Crippen molar-refractivity contribution in [3.8, 4) is 0 Å². The van der Waals surface area contributed by atoms with Crippen LogP contribution in [0.4, 0.5) is 14.5 Å². The summed E-state index contributed by atoms with van der Waals surface area (Å²) in [6, 6.07) is 2.64. The Labute approximate surface area is 135 Å². The van der Waals surface area contributed by atoms with E-state index in [4.69, 9.17) is 0 Å². The van der Waals surface area contributed by atoms with E-state index in [0.717, 1.165) is 35.5 Å². The molecule has 0 fully saturated rings. The molecule has 0 atom stereocenters. The second kappa shape index (κ2) is 8.24. The van der Waals surface area contributed by atoms with Gasteiger partial charge in [-0.25, -0.2) is 17.2 Å². The van der Waals surface area contributed by atoms with E-state index in [9.17, 15) is 22.0 Å². The summed E-state index contributed by atoms with van der Waals surface area (Å²) in [6.07, 6.45) is 2.63. The molecule has 5 nitrogen and oxygen atoms in total. The van der Waals surface area contributed by atoms with Crippen molar-refractivity contribution in [3.05, 3.63) is 29.8 Å². The van der Waals surface area contributed by atoms with Crippen LogP contribution >= 0.6 is 0 Å². The number of carbonyl (C=O) groups is 1. The van der Waals surface area contributed by atoms with E-state index in [1.54, 1.807) is 7.05 Å². The van der Waals surface area contributed by atoms with Gasteiger partial charge in [0.05, 0.1) is 11.9 Å². The monoisotopic (exact) mass is 348 g/mol. The maximum absolute atomic E-state index is 13.8. The molecule has 0 saturated carbocycles. The van der Waals surface area contributed by atoms with Gasteiger partial charge in [0.1, 0.15) is 11.6 Å². The van der Waals surface area contributed by atoms with E-state index < -0.39 is 21.7 Å². The van der Waals surface area contributed by atoms with Gasteiger partial charge in [-0.05, 0) is 18.6 Å². The summed E-state index contributed by atoms with van der Waals surface area (Å²) in [4.78, 5) is 13.5. The standard InChI is InChI=1S/C15H22F2N2O3S/c1-4-5-9-18(2)15(20)8-10-19(23(3,21)22)14-7-6-12(16)11-13(14)17/h6-7,11H,4-5,8-10H2,1-3H3. The summed E-state index contributed by atoms with van der Waals surface area (Å²) in [5, 5.41) is 0. The predicted octanol–water partition coefficient (Wildman–Crippen LogP) is 2.38. The Morgan fingerprint density at radius 2 is 1.87 bits per heavy atom. The first-order valence-corrected chi connectivity index (χ1v) is 9.18. The van der Waals surface area contributed by atoms with E-state index in [-0.39, 0.29) is 24.6 Å². The maximum atomic E-state index is 13.8. The number of halogens is 2. The largest absolute Gasteiger partial charge is 0.346 e. The lowest BCUT2D eigenvalue weighted by Crippen LogP contribution is -2.36. The van der Waals surface area contributed by atoms with Crippen LogP contribution in [0.2, 0.25) is 0 Å². The lowest BCUT2D eigenvalue weighted by atomic mass is 10.2. The molecule has 0 aliphatic rings. The Balaban J connectivity index is 2.87. The highest BCUT2D eigenvalue weighted by Gasteiger charge is 2.22. The zero-order valence-electron chi connectivity index (χ0n) is 13.6. The Bertz CT molecular complexity index is 650. The number of hydrogen-bond acceptors (Lipinski definition) is 3.